The molecule has 0 radical (unpaired) electrons. The van der Waals surface area contributed by atoms with Crippen LogP contribution in [-0.2, 0) is 0 Å². The zero-order chi connectivity index (χ0) is 9.97. The van der Waals surface area contributed by atoms with E-state index in [-0.39, 0.29) is 17.5 Å². The lowest BCUT2D eigenvalue weighted by Crippen LogP contribution is -2.26. The Bertz CT molecular complexity index is 299. The van der Waals surface area contributed by atoms with Gasteiger partial charge >= 0.3 is 0 Å². The van der Waals surface area contributed by atoms with E-state index in [1.165, 1.54) is 6.42 Å². The van der Waals surface area contributed by atoms with Crippen molar-refractivity contribution in [1.82, 2.24) is 5.32 Å². The van der Waals surface area contributed by atoms with Crippen molar-refractivity contribution in [1.29, 1.82) is 0 Å². The fourth-order valence-corrected chi connectivity index (χ4v) is 2.00. The lowest BCUT2D eigenvalue weighted by Gasteiger charge is -2.24. The van der Waals surface area contributed by atoms with Gasteiger partial charge in [0.15, 0.2) is 0 Å². The largest absolute Gasteiger partial charge is 0.507 e. The summed E-state index contributed by atoms with van der Waals surface area (Å²) < 4.78 is 0. The highest BCUT2D eigenvalue weighted by Gasteiger charge is 2.20. The second-order valence-corrected chi connectivity index (χ2v) is 3.71. The Morgan fingerprint density at radius 2 is 1.86 bits per heavy atom. The molecular formula is C11H15NO2. The average molecular weight is 193 g/mol. The molecule has 14 heavy (non-hydrogen) atoms. The van der Waals surface area contributed by atoms with E-state index in [4.69, 9.17) is 0 Å². The molecule has 76 valence electrons. The Morgan fingerprint density at radius 3 is 2.43 bits per heavy atom. The van der Waals surface area contributed by atoms with Gasteiger partial charge in [0.05, 0.1) is 5.56 Å². The number of aromatic hydroxyl groups is 2. The summed E-state index contributed by atoms with van der Waals surface area (Å²) in [6, 6.07) is 4.98. The number of hydrogen-bond acceptors (Lipinski definition) is 3. The number of phenolic OH excluding ortho intramolecular Hbond substituents is 2. The molecule has 1 saturated heterocycles. The number of rotatable bonds is 1. The van der Waals surface area contributed by atoms with Gasteiger partial charge in [0, 0.05) is 6.04 Å². The van der Waals surface area contributed by atoms with Crippen LogP contribution >= 0.6 is 0 Å². The Kier molecular flexibility index (Phi) is 2.59. The average Bonchev–Trinajstić information content (AvgIpc) is 2.19. The van der Waals surface area contributed by atoms with Crippen molar-refractivity contribution >= 4 is 0 Å². The molecule has 1 heterocycles. The molecule has 0 spiro atoms. The maximum atomic E-state index is 9.64. The molecule has 2 rings (SSSR count). The van der Waals surface area contributed by atoms with Crippen LogP contribution in [0.3, 0.4) is 0 Å². The zero-order valence-corrected chi connectivity index (χ0v) is 8.03. The van der Waals surface area contributed by atoms with Gasteiger partial charge in [-0.2, -0.15) is 0 Å². The van der Waals surface area contributed by atoms with Crippen molar-refractivity contribution in [2.45, 2.75) is 25.3 Å². The molecule has 3 nitrogen and oxygen atoms in total. The molecule has 1 aliphatic rings. The fourth-order valence-electron chi connectivity index (χ4n) is 2.00. The third kappa shape index (κ3) is 1.68. The number of hydrogen-bond donors (Lipinski definition) is 3. The summed E-state index contributed by atoms with van der Waals surface area (Å²) in [7, 11) is 0. The predicted molar refractivity (Wildman–Crippen MR) is 54.4 cm³/mol. The number of piperidine rings is 1. The summed E-state index contributed by atoms with van der Waals surface area (Å²) in [5, 5.41) is 22.6. The molecular weight excluding hydrogens is 178 g/mol. The highest BCUT2D eigenvalue weighted by atomic mass is 16.3. The highest BCUT2D eigenvalue weighted by molar-refractivity contribution is 5.45. The second-order valence-electron chi connectivity index (χ2n) is 3.71. The van der Waals surface area contributed by atoms with E-state index in [0.717, 1.165) is 19.4 Å². The molecule has 0 bridgehead atoms. The van der Waals surface area contributed by atoms with E-state index < -0.39 is 0 Å². The van der Waals surface area contributed by atoms with Crippen LogP contribution in [0.2, 0.25) is 0 Å². The molecule has 1 fully saturated rings. The van der Waals surface area contributed by atoms with Crippen molar-refractivity contribution in [3.05, 3.63) is 23.8 Å². The quantitative estimate of drug-likeness (QED) is 0.638. The maximum absolute atomic E-state index is 9.64. The van der Waals surface area contributed by atoms with Gasteiger partial charge in [-0.15, -0.1) is 0 Å². The highest BCUT2D eigenvalue weighted by Crippen LogP contribution is 2.35. The Morgan fingerprint density at radius 1 is 1.14 bits per heavy atom. The first-order valence-corrected chi connectivity index (χ1v) is 5.03. The zero-order valence-electron chi connectivity index (χ0n) is 8.03. The lowest BCUT2D eigenvalue weighted by atomic mass is 9.96. The first kappa shape index (κ1) is 9.34. The van der Waals surface area contributed by atoms with E-state index in [1.54, 1.807) is 18.2 Å². The van der Waals surface area contributed by atoms with E-state index in [1.807, 2.05) is 0 Å². The van der Waals surface area contributed by atoms with Gasteiger partial charge in [0.25, 0.3) is 0 Å². The monoisotopic (exact) mass is 193 g/mol. The molecule has 0 aromatic heterocycles. The molecule has 3 N–H and O–H groups in total. The van der Waals surface area contributed by atoms with Crippen LogP contribution in [0.4, 0.5) is 0 Å². The van der Waals surface area contributed by atoms with Gasteiger partial charge in [-0.1, -0.05) is 12.5 Å². The molecule has 0 aliphatic carbocycles. The predicted octanol–water partition coefficient (Wildman–Crippen LogP) is 1.91. The summed E-state index contributed by atoms with van der Waals surface area (Å²) in [5.74, 6) is 0.369. The Hall–Kier alpha value is -1.22. The second kappa shape index (κ2) is 3.88. The molecule has 1 atom stereocenters. The molecule has 1 aliphatic heterocycles. The SMILES string of the molecule is Oc1cccc(O)c1[C@H]1CCCCN1. The summed E-state index contributed by atoms with van der Waals surface area (Å²) in [5.41, 5.74) is 0.646. The van der Waals surface area contributed by atoms with Crippen LogP contribution in [0.5, 0.6) is 11.5 Å². The molecule has 0 unspecified atom stereocenters. The van der Waals surface area contributed by atoms with Gasteiger partial charge in [0.1, 0.15) is 11.5 Å². The van der Waals surface area contributed by atoms with Gasteiger partial charge < -0.3 is 15.5 Å². The minimum atomic E-state index is 0.102. The Labute approximate surface area is 83.4 Å². The molecule has 0 amide bonds. The molecule has 1 aromatic carbocycles. The Balaban J connectivity index is 2.29. The molecule has 0 saturated carbocycles. The van der Waals surface area contributed by atoms with Gasteiger partial charge in [0.2, 0.25) is 0 Å². The van der Waals surface area contributed by atoms with Crippen LogP contribution in [0.15, 0.2) is 18.2 Å². The first-order valence-electron chi connectivity index (χ1n) is 5.03. The third-order valence-corrected chi connectivity index (χ3v) is 2.72. The summed E-state index contributed by atoms with van der Waals surface area (Å²) >= 11 is 0. The van der Waals surface area contributed by atoms with Crippen molar-refractivity contribution in [2.24, 2.45) is 0 Å². The number of nitrogens with one attached hydrogen (secondary N) is 1. The standard InChI is InChI=1S/C11H15NO2/c13-9-5-3-6-10(14)11(9)8-4-1-2-7-12-8/h3,5-6,8,12-14H,1-2,4,7H2/t8-/m1/s1. The van der Waals surface area contributed by atoms with Gasteiger partial charge in [-0.25, -0.2) is 0 Å². The lowest BCUT2D eigenvalue weighted by molar-refractivity contribution is 0.370. The number of phenols is 2. The van der Waals surface area contributed by atoms with Gasteiger partial charge in [-0.3, -0.25) is 0 Å². The molecule has 1 aromatic rings. The van der Waals surface area contributed by atoms with Crippen molar-refractivity contribution in [3.63, 3.8) is 0 Å². The topological polar surface area (TPSA) is 52.5 Å². The van der Waals surface area contributed by atoms with Crippen molar-refractivity contribution < 1.29 is 10.2 Å². The van der Waals surface area contributed by atoms with Crippen molar-refractivity contribution in [3.8, 4) is 11.5 Å². The van der Waals surface area contributed by atoms with E-state index >= 15 is 0 Å². The van der Waals surface area contributed by atoms with Crippen LogP contribution in [0.25, 0.3) is 0 Å². The summed E-state index contributed by atoms with van der Waals surface area (Å²) in [6.45, 7) is 0.957. The van der Waals surface area contributed by atoms with Crippen molar-refractivity contribution in [2.75, 3.05) is 6.54 Å². The van der Waals surface area contributed by atoms with Crippen LogP contribution < -0.4 is 5.32 Å². The smallest absolute Gasteiger partial charge is 0.124 e. The van der Waals surface area contributed by atoms with Crippen LogP contribution in [0, 0.1) is 0 Å². The molecule has 3 heteroatoms. The summed E-state index contributed by atoms with van der Waals surface area (Å²) in [6.07, 6.45) is 3.29. The minimum Gasteiger partial charge on any atom is -0.507 e. The van der Waals surface area contributed by atoms with E-state index in [2.05, 4.69) is 5.32 Å². The first-order chi connectivity index (χ1) is 6.79. The van der Waals surface area contributed by atoms with E-state index in [0.29, 0.717) is 5.56 Å². The normalized spacial score (nSPS) is 22.1. The third-order valence-electron chi connectivity index (χ3n) is 2.72. The van der Waals surface area contributed by atoms with E-state index in [9.17, 15) is 10.2 Å². The number of benzene rings is 1. The summed E-state index contributed by atoms with van der Waals surface area (Å²) in [4.78, 5) is 0. The fraction of sp³-hybridized carbons (Fsp3) is 0.455. The van der Waals surface area contributed by atoms with Crippen LogP contribution in [-0.4, -0.2) is 16.8 Å². The minimum absolute atomic E-state index is 0.102. The maximum Gasteiger partial charge on any atom is 0.124 e. The van der Waals surface area contributed by atoms with Crippen LogP contribution in [0.1, 0.15) is 30.9 Å². The van der Waals surface area contributed by atoms with Gasteiger partial charge in [-0.05, 0) is 31.5 Å².